The minimum absolute atomic E-state index is 0.0932. The van der Waals surface area contributed by atoms with Crippen molar-refractivity contribution in [2.24, 2.45) is 0 Å². The Morgan fingerprint density at radius 2 is 1.44 bits per heavy atom. The summed E-state index contributed by atoms with van der Waals surface area (Å²) in [5.41, 5.74) is 5.47. The van der Waals surface area contributed by atoms with E-state index in [1.165, 1.54) is 21.1 Å². The van der Waals surface area contributed by atoms with Gasteiger partial charge in [-0.3, -0.25) is 14.4 Å². The van der Waals surface area contributed by atoms with E-state index in [0.29, 0.717) is 105 Å². The van der Waals surface area contributed by atoms with E-state index in [-0.39, 0.29) is 36.9 Å². The first kappa shape index (κ1) is 63.2. The molecule has 0 radical (unpaired) electrons. The standard InChI is InChI=1S/C61H71N7O16S2/c1-30(2)15-24-39-40-26-46-47-41(27-68(46)55(74)43(40)29-80-57(39)76)42(38-12-8-9-13-44(38)66-47)28-79-56(75)31(3)63-54(73)45(67-61(86)65-35-18-22-37(23-19-35)84-59-51(72)53(78-7)49(70)33(5)82-59)14-10-11-25-62-60(85)64-34-16-20-36(21-17-34)83-58-50(71)52(77-6)48(69)32(4)81-58/h8,12,16-23,26,31-33,39,45,48-53,58-59,69-72H,1,10-11,14-15,24-25,27-29H2,2-7H3,(H,63,73)(H2,62,64,85)(H2,65,67,86)/t31-,32-,33-,39?,45?,48+,49+,50-,51-,52+,53+,58+,59+/m0/s1. The summed E-state index contributed by atoms with van der Waals surface area (Å²) in [7, 11) is 2.77. The SMILES string of the molecule is C=C(C)CCC1C(=O)OCc2c1cc1n(c2=O)Cc2c-1nc1c#cccc1c2COC(=O)[C@H](C)NC(=O)C(CCCCNC(=S)Nc1ccc(O[C@H]2O[C@@H](C)[C@@H](O)[C@@H](OC)[C@@H]2O)cc1)NC(=S)Nc1ccc(O[C@H]2O[C@@H](C)[C@@H](O)[C@@H](OC)[C@@H]2O)cc1. The summed E-state index contributed by atoms with van der Waals surface area (Å²) in [6.07, 6.45) is -7.57. The number of hydrogen-bond acceptors (Lipinski definition) is 19. The molecule has 4 aliphatic rings. The maximum Gasteiger partial charge on any atom is 0.328 e. The van der Waals surface area contributed by atoms with E-state index in [2.05, 4.69) is 45.3 Å². The maximum atomic E-state index is 14.2. The van der Waals surface area contributed by atoms with Crippen molar-refractivity contribution in [2.45, 2.75) is 159 Å². The Bertz CT molecular complexity index is 3370. The molecule has 2 saturated heterocycles. The molecule has 458 valence electrons. The molecule has 13 atom stereocenters. The number of carbonyl (C=O) groups is 3. The van der Waals surface area contributed by atoms with Gasteiger partial charge in [-0.25, -0.2) is 9.78 Å². The lowest BCUT2D eigenvalue weighted by Gasteiger charge is -2.40. The lowest BCUT2D eigenvalue weighted by Crippen LogP contribution is -2.59. The van der Waals surface area contributed by atoms with Crippen molar-refractivity contribution in [3.63, 3.8) is 0 Å². The Labute approximate surface area is 507 Å². The molecule has 1 amide bonds. The number of methoxy groups -OCH3 is 2. The average molecular weight is 1220 g/mol. The number of nitrogens with one attached hydrogen (secondary N) is 5. The molecule has 0 bridgehead atoms. The number of anilines is 2. The third-order valence-corrected chi connectivity index (χ3v) is 16.1. The monoisotopic (exact) mass is 1220 g/mol. The van der Waals surface area contributed by atoms with E-state index < -0.39 is 97.3 Å². The van der Waals surface area contributed by atoms with E-state index in [0.717, 1.165) is 5.57 Å². The summed E-state index contributed by atoms with van der Waals surface area (Å²) in [5.74, 6) is -1.58. The number of thiocarbonyl (C=S) groups is 2. The Morgan fingerprint density at radius 3 is 2.03 bits per heavy atom. The largest absolute Gasteiger partial charge is 0.462 e. The number of allylic oxidation sites excluding steroid dienone is 1. The summed E-state index contributed by atoms with van der Waals surface area (Å²) in [4.78, 5) is 60.3. The van der Waals surface area contributed by atoms with Crippen LogP contribution in [0.3, 0.4) is 0 Å². The van der Waals surface area contributed by atoms with Crippen molar-refractivity contribution in [1.29, 1.82) is 0 Å². The van der Waals surface area contributed by atoms with Gasteiger partial charge in [-0.1, -0.05) is 11.6 Å². The van der Waals surface area contributed by atoms with E-state index in [9.17, 15) is 39.6 Å². The van der Waals surface area contributed by atoms with Gasteiger partial charge in [-0.15, -0.1) is 6.58 Å². The smallest absolute Gasteiger partial charge is 0.328 e. The highest BCUT2D eigenvalue weighted by Gasteiger charge is 2.46. The van der Waals surface area contributed by atoms with Crippen LogP contribution in [0.2, 0.25) is 0 Å². The van der Waals surface area contributed by atoms with Crippen LogP contribution in [0.25, 0.3) is 22.3 Å². The normalized spacial score (nSPS) is 24.5. The first-order valence-electron chi connectivity index (χ1n) is 28.3. The van der Waals surface area contributed by atoms with Gasteiger partial charge in [0.15, 0.2) is 10.2 Å². The third-order valence-electron chi connectivity index (χ3n) is 15.6. The van der Waals surface area contributed by atoms with E-state index in [1.807, 2.05) is 13.0 Å². The zero-order valence-electron chi connectivity index (χ0n) is 48.3. The lowest BCUT2D eigenvalue weighted by atomic mass is 9.88. The Morgan fingerprint density at radius 1 is 0.837 bits per heavy atom. The van der Waals surface area contributed by atoms with Gasteiger partial charge < -0.3 is 89.5 Å². The second-order valence-corrected chi connectivity index (χ2v) is 22.5. The molecule has 0 spiro atoms. The molecule has 2 aromatic heterocycles. The van der Waals surface area contributed by atoms with Gasteiger partial charge in [0, 0.05) is 48.7 Å². The second-order valence-electron chi connectivity index (χ2n) is 21.7. The predicted octanol–water partition coefficient (Wildman–Crippen LogP) is 4.30. The molecule has 9 rings (SSSR count). The van der Waals surface area contributed by atoms with Gasteiger partial charge in [0.1, 0.15) is 78.9 Å². The molecule has 86 heavy (non-hydrogen) atoms. The summed E-state index contributed by atoms with van der Waals surface area (Å²) in [6, 6.07) is 22.6. The fourth-order valence-corrected chi connectivity index (χ4v) is 11.3. The summed E-state index contributed by atoms with van der Waals surface area (Å²) < 4.78 is 46.8. The molecule has 6 heterocycles. The Kier molecular flexibility index (Phi) is 20.6. The topological polar surface area (TPSA) is 301 Å². The molecule has 2 unspecified atom stereocenters. The number of pyridine rings is 2. The number of fused-ring (bicyclic) bond motifs is 5. The number of rotatable bonds is 22. The van der Waals surface area contributed by atoms with Gasteiger partial charge in [0.25, 0.3) is 5.56 Å². The van der Waals surface area contributed by atoms with Gasteiger partial charge in [-0.05, 0) is 163 Å². The zero-order valence-corrected chi connectivity index (χ0v) is 50.0. The van der Waals surface area contributed by atoms with Crippen LogP contribution in [0.15, 0.2) is 83.7 Å². The molecule has 3 aromatic carbocycles. The number of nitrogens with zero attached hydrogens (tertiary/aromatic N) is 2. The molecule has 4 aliphatic heterocycles. The highest BCUT2D eigenvalue weighted by molar-refractivity contribution is 7.80. The number of carbonyl (C=O) groups excluding carboxylic acids is 3. The highest BCUT2D eigenvalue weighted by Crippen LogP contribution is 2.40. The first-order valence-corrected chi connectivity index (χ1v) is 29.1. The Balaban J connectivity index is 0.834. The number of benzene rings is 2. The van der Waals surface area contributed by atoms with Crippen molar-refractivity contribution in [3.8, 4) is 22.9 Å². The van der Waals surface area contributed by atoms with Crippen LogP contribution in [-0.4, -0.2) is 152 Å². The van der Waals surface area contributed by atoms with Crippen LogP contribution in [-0.2, 0) is 62.6 Å². The second kappa shape index (κ2) is 28.0. The van der Waals surface area contributed by atoms with Crippen molar-refractivity contribution >= 4 is 74.8 Å². The number of amides is 1. The predicted molar refractivity (Wildman–Crippen MR) is 322 cm³/mol. The number of aliphatic hydroxyl groups excluding tert-OH is 4. The van der Waals surface area contributed by atoms with Gasteiger partial charge in [-0.2, -0.15) is 0 Å². The molecule has 0 saturated carbocycles. The third kappa shape index (κ3) is 14.4. The fraction of sp³-hybridized carbons (Fsp3) is 0.459. The minimum atomic E-state index is -1.27. The number of unbranched alkanes of at least 4 members (excludes halogenated alkanes) is 1. The van der Waals surface area contributed by atoms with E-state index in [4.69, 9.17) is 67.3 Å². The number of ether oxygens (including phenoxy) is 8. The van der Waals surface area contributed by atoms with Crippen LogP contribution in [0.1, 0.15) is 88.0 Å². The summed E-state index contributed by atoms with van der Waals surface area (Å²) in [5, 5.41) is 58.5. The fourth-order valence-electron chi connectivity index (χ4n) is 10.8. The van der Waals surface area contributed by atoms with Crippen molar-refractivity contribution in [1.82, 2.24) is 25.5 Å². The number of cyclic esters (lactones) is 1. The van der Waals surface area contributed by atoms with Gasteiger partial charge in [0.2, 0.25) is 18.5 Å². The molecule has 23 nitrogen and oxygen atoms in total. The maximum absolute atomic E-state index is 14.2. The van der Waals surface area contributed by atoms with Crippen molar-refractivity contribution in [3.05, 3.63) is 124 Å². The van der Waals surface area contributed by atoms with Gasteiger partial charge in [0.05, 0.1) is 41.6 Å². The van der Waals surface area contributed by atoms with Gasteiger partial charge >= 0.3 is 11.9 Å². The number of hydrogen-bond donors (Lipinski definition) is 9. The molecular formula is C61H71N7O16S2. The van der Waals surface area contributed by atoms with E-state index in [1.54, 1.807) is 79.1 Å². The van der Waals surface area contributed by atoms with Crippen LogP contribution in [0.5, 0.6) is 11.5 Å². The lowest BCUT2D eigenvalue weighted by molar-refractivity contribution is -0.273. The molecule has 5 aromatic rings. The van der Waals surface area contributed by atoms with Crippen LogP contribution < -0.4 is 41.6 Å². The summed E-state index contributed by atoms with van der Waals surface area (Å²) in [6.45, 7) is 10.8. The summed E-state index contributed by atoms with van der Waals surface area (Å²) >= 11 is 11.3. The first-order chi connectivity index (χ1) is 41.2. The number of aromatic nitrogens is 2. The zero-order chi connectivity index (χ0) is 61.5. The van der Waals surface area contributed by atoms with Crippen LogP contribution >= 0.6 is 24.4 Å². The Hall–Kier alpha value is -7.35. The van der Waals surface area contributed by atoms with Crippen LogP contribution in [0, 0.1) is 12.1 Å². The van der Waals surface area contributed by atoms with Crippen LogP contribution in [0.4, 0.5) is 11.4 Å². The number of aliphatic hydroxyl groups is 4. The minimum Gasteiger partial charge on any atom is -0.462 e. The number of esters is 2. The van der Waals surface area contributed by atoms with Crippen molar-refractivity contribution < 1.29 is 72.7 Å². The van der Waals surface area contributed by atoms with E-state index >= 15 is 0 Å². The molecule has 2 fully saturated rings. The van der Waals surface area contributed by atoms with Crippen molar-refractivity contribution in [2.75, 3.05) is 31.4 Å². The molecule has 0 aliphatic carbocycles. The molecule has 9 N–H and O–H groups in total. The molecular weight excluding hydrogens is 1150 g/mol. The average Bonchev–Trinajstić information content (AvgIpc) is 1.89. The molecule has 25 heteroatoms. The highest BCUT2D eigenvalue weighted by atomic mass is 32.1. The quantitative estimate of drug-likeness (QED) is 0.0198.